The molecule has 0 aliphatic rings. The summed E-state index contributed by atoms with van der Waals surface area (Å²) in [5.74, 6) is -0.222. The van der Waals surface area contributed by atoms with Crippen LogP contribution in [0.25, 0.3) is 0 Å². The predicted octanol–water partition coefficient (Wildman–Crippen LogP) is 2.42. The molecule has 1 heterocycles. The topological polar surface area (TPSA) is 43.8 Å². The quantitative estimate of drug-likeness (QED) is 0.905. The number of aryl methyl sites for hydroxylation is 3. The fourth-order valence-electron chi connectivity index (χ4n) is 2.25. The molecular weight excluding hydrogens is 229 g/mol. The number of hydrogen-bond donors (Lipinski definition) is 1. The lowest BCUT2D eigenvalue weighted by Gasteiger charge is -2.14. The number of aromatic nitrogens is 2. The molecule has 3 nitrogen and oxygen atoms in total. The summed E-state index contributed by atoms with van der Waals surface area (Å²) >= 11 is 0. The zero-order chi connectivity index (χ0) is 13.3. The molecule has 0 saturated carbocycles. The van der Waals surface area contributed by atoms with E-state index < -0.39 is 0 Å². The first-order valence-electron chi connectivity index (χ1n) is 5.98. The van der Waals surface area contributed by atoms with Crippen LogP contribution < -0.4 is 5.73 Å². The zero-order valence-electron chi connectivity index (χ0n) is 10.9. The molecular formula is C14H18FN3. The van der Waals surface area contributed by atoms with Crippen LogP contribution in [-0.4, -0.2) is 9.78 Å². The molecule has 1 aromatic heterocycles. The second-order valence-corrected chi connectivity index (χ2v) is 4.71. The van der Waals surface area contributed by atoms with Crippen LogP contribution in [-0.2, 0) is 13.5 Å². The van der Waals surface area contributed by atoms with E-state index in [-0.39, 0.29) is 11.9 Å². The molecule has 0 aliphatic carbocycles. The van der Waals surface area contributed by atoms with E-state index in [4.69, 9.17) is 5.73 Å². The van der Waals surface area contributed by atoms with Gasteiger partial charge in [0.1, 0.15) is 5.82 Å². The molecule has 0 bridgehead atoms. The molecule has 0 saturated heterocycles. The second-order valence-electron chi connectivity index (χ2n) is 4.71. The molecule has 1 unspecified atom stereocenters. The molecule has 2 rings (SSSR count). The van der Waals surface area contributed by atoms with E-state index in [1.54, 1.807) is 6.07 Å². The third kappa shape index (κ3) is 2.59. The minimum atomic E-state index is -0.222. The van der Waals surface area contributed by atoms with Crippen LogP contribution in [0.3, 0.4) is 0 Å². The van der Waals surface area contributed by atoms with Crippen molar-refractivity contribution in [2.45, 2.75) is 26.3 Å². The van der Waals surface area contributed by atoms with Gasteiger partial charge in [-0.15, -0.1) is 0 Å². The van der Waals surface area contributed by atoms with E-state index >= 15 is 0 Å². The molecule has 0 fully saturated rings. The van der Waals surface area contributed by atoms with Gasteiger partial charge >= 0.3 is 0 Å². The highest BCUT2D eigenvalue weighted by atomic mass is 19.1. The molecule has 2 aromatic rings. The van der Waals surface area contributed by atoms with Gasteiger partial charge in [0.2, 0.25) is 0 Å². The number of rotatable bonds is 3. The van der Waals surface area contributed by atoms with E-state index in [1.807, 2.05) is 31.6 Å². The Morgan fingerprint density at radius 2 is 2.06 bits per heavy atom. The molecule has 0 spiro atoms. The van der Waals surface area contributed by atoms with Crippen molar-refractivity contribution in [1.29, 1.82) is 0 Å². The van der Waals surface area contributed by atoms with Crippen LogP contribution in [0.5, 0.6) is 0 Å². The number of benzene rings is 1. The van der Waals surface area contributed by atoms with Gasteiger partial charge in [-0.3, -0.25) is 4.68 Å². The number of nitrogens with two attached hydrogens (primary N) is 1. The summed E-state index contributed by atoms with van der Waals surface area (Å²) in [5, 5.41) is 4.30. The SMILES string of the molecule is Cc1cc(CC(N)c2ccc(F)cc2C)n(C)n1. The summed E-state index contributed by atoms with van der Waals surface area (Å²) in [6.07, 6.45) is 0.698. The normalized spacial score (nSPS) is 12.7. The van der Waals surface area contributed by atoms with E-state index in [2.05, 4.69) is 5.10 Å². The maximum atomic E-state index is 13.1. The summed E-state index contributed by atoms with van der Waals surface area (Å²) in [7, 11) is 1.91. The number of halogens is 1. The highest BCUT2D eigenvalue weighted by Gasteiger charge is 2.13. The monoisotopic (exact) mass is 247 g/mol. The second kappa shape index (κ2) is 4.90. The first-order chi connectivity index (χ1) is 8.47. The van der Waals surface area contributed by atoms with Crippen LogP contribution in [0.15, 0.2) is 24.3 Å². The van der Waals surface area contributed by atoms with Crippen LogP contribution >= 0.6 is 0 Å². The van der Waals surface area contributed by atoms with Crippen molar-refractivity contribution in [3.05, 3.63) is 52.6 Å². The van der Waals surface area contributed by atoms with Crippen molar-refractivity contribution < 1.29 is 4.39 Å². The van der Waals surface area contributed by atoms with Crippen molar-refractivity contribution in [3.8, 4) is 0 Å². The van der Waals surface area contributed by atoms with Gasteiger partial charge in [0, 0.05) is 25.2 Å². The third-order valence-electron chi connectivity index (χ3n) is 3.16. The van der Waals surface area contributed by atoms with Crippen molar-refractivity contribution in [3.63, 3.8) is 0 Å². The van der Waals surface area contributed by atoms with Crippen molar-refractivity contribution in [2.24, 2.45) is 12.8 Å². The minimum absolute atomic E-state index is 0.139. The van der Waals surface area contributed by atoms with Crippen LogP contribution in [0, 0.1) is 19.7 Å². The van der Waals surface area contributed by atoms with Crippen LogP contribution in [0.2, 0.25) is 0 Å². The average molecular weight is 247 g/mol. The molecule has 0 aliphatic heterocycles. The molecule has 4 heteroatoms. The Kier molecular flexibility index (Phi) is 3.48. The Labute approximate surface area is 106 Å². The van der Waals surface area contributed by atoms with Gasteiger partial charge in [0.25, 0.3) is 0 Å². The molecule has 1 atom stereocenters. The Hall–Kier alpha value is -1.68. The average Bonchev–Trinajstić information content (AvgIpc) is 2.57. The van der Waals surface area contributed by atoms with E-state index in [1.165, 1.54) is 12.1 Å². The van der Waals surface area contributed by atoms with E-state index in [9.17, 15) is 4.39 Å². The van der Waals surface area contributed by atoms with Gasteiger partial charge in [-0.2, -0.15) is 5.10 Å². The van der Waals surface area contributed by atoms with Gasteiger partial charge in [-0.05, 0) is 43.2 Å². The lowest BCUT2D eigenvalue weighted by molar-refractivity contribution is 0.616. The third-order valence-corrected chi connectivity index (χ3v) is 3.16. The Bertz CT molecular complexity index is 560. The largest absolute Gasteiger partial charge is 0.324 e. The molecule has 2 N–H and O–H groups in total. The molecule has 0 radical (unpaired) electrons. The molecule has 18 heavy (non-hydrogen) atoms. The summed E-state index contributed by atoms with van der Waals surface area (Å²) in [6, 6.07) is 6.62. The zero-order valence-corrected chi connectivity index (χ0v) is 10.9. The van der Waals surface area contributed by atoms with Gasteiger partial charge in [-0.1, -0.05) is 6.07 Å². The highest BCUT2D eigenvalue weighted by Crippen LogP contribution is 2.20. The van der Waals surface area contributed by atoms with Crippen LogP contribution in [0.1, 0.15) is 28.6 Å². The summed E-state index contributed by atoms with van der Waals surface area (Å²) in [4.78, 5) is 0. The smallest absolute Gasteiger partial charge is 0.123 e. The maximum absolute atomic E-state index is 13.1. The van der Waals surface area contributed by atoms with Crippen LogP contribution in [0.4, 0.5) is 4.39 Å². The number of nitrogens with zero attached hydrogens (tertiary/aromatic N) is 2. The maximum Gasteiger partial charge on any atom is 0.123 e. The Morgan fingerprint density at radius 1 is 1.33 bits per heavy atom. The van der Waals surface area contributed by atoms with Crippen molar-refractivity contribution in [2.75, 3.05) is 0 Å². The Morgan fingerprint density at radius 3 is 2.61 bits per heavy atom. The fraction of sp³-hybridized carbons (Fsp3) is 0.357. The van der Waals surface area contributed by atoms with E-state index in [0.29, 0.717) is 6.42 Å². The summed E-state index contributed by atoms with van der Waals surface area (Å²) in [5.41, 5.74) is 10.1. The lowest BCUT2D eigenvalue weighted by atomic mass is 9.98. The fourth-order valence-corrected chi connectivity index (χ4v) is 2.25. The van der Waals surface area contributed by atoms with Gasteiger partial charge < -0.3 is 5.73 Å². The minimum Gasteiger partial charge on any atom is -0.324 e. The van der Waals surface area contributed by atoms with Gasteiger partial charge in [-0.25, -0.2) is 4.39 Å². The van der Waals surface area contributed by atoms with E-state index in [0.717, 1.165) is 22.5 Å². The lowest BCUT2D eigenvalue weighted by Crippen LogP contribution is -2.16. The Balaban J connectivity index is 2.21. The predicted molar refractivity (Wildman–Crippen MR) is 69.7 cm³/mol. The summed E-state index contributed by atoms with van der Waals surface area (Å²) < 4.78 is 14.9. The molecule has 96 valence electrons. The molecule has 1 aromatic carbocycles. The van der Waals surface area contributed by atoms with Crippen molar-refractivity contribution in [1.82, 2.24) is 9.78 Å². The standard InChI is InChI=1S/C14H18FN3/c1-9-6-11(15)4-5-13(9)14(16)8-12-7-10(2)17-18(12)3/h4-7,14H,8,16H2,1-3H3. The van der Waals surface area contributed by atoms with Crippen molar-refractivity contribution >= 4 is 0 Å². The molecule has 0 amide bonds. The highest BCUT2D eigenvalue weighted by molar-refractivity contribution is 5.30. The number of hydrogen-bond acceptors (Lipinski definition) is 2. The first kappa shape index (κ1) is 12.8. The first-order valence-corrected chi connectivity index (χ1v) is 5.98. The van der Waals surface area contributed by atoms with Gasteiger partial charge in [0.15, 0.2) is 0 Å². The van der Waals surface area contributed by atoms with Gasteiger partial charge in [0.05, 0.1) is 5.69 Å². The summed E-state index contributed by atoms with van der Waals surface area (Å²) in [6.45, 7) is 3.84.